The first kappa shape index (κ1) is 12.5. The highest BCUT2D eigenvalue weighted by molar-refractivity contribution is 6.31. The second-order valence-corrected chi connectivity index (χ2v) is 4.38. The maximum atomic E-state index is 6.24. The predicted octanol–water partition coefficient (Wildman–Crippen LogP) is 3.96. The minimum absolute atomic E-state index is 0.317. The Hall–Kier alpha value is -0.530. The average molecular weight is 226 g/mol. The Bertz CT molecular complexity index is 309. The van der Waals surface area contributed by atoms with Crippen LogP contribution in [0.25, 0.3) is 0 Å². The summed E-state index contributed by atoms with van der Waals surface area (Å²) in [7, 11) is 1.95. The summed E-state index contributed by atoms with van der Waals surface area (Å²) in [6, 6.07) is 6.73. The summed E-state index contributed by atoms with van der Waals surface area (Å²) in [5, 5.41) is 4.08. The van der Waals surface area contributed by atoms with E-state index >= 15 is 0 Å². The van der Waals surface area contributed by atoms with E-state index in [9.17, 15) is 0 Å². The van der Waals surface area contributed by atoms with Crippen molar-refractivity contribution in [3.8, 4) is 0 Å². The molecule has 0 aliphatic carbocycles. The zero-order chi connectivity index (χ0) is 11.3. The number of halogens is 1. The fraction of sp³-hybridized carbons (Fsp3) is 0.538. The topological polar surface area (TPSA) is 12.0 Å². The molecule has 0 aromatic heterocycles. The Morgan fingerprint density at radius 2 is 2.13 bits per heavy atom. The van der Waals surface area contributed by atoms with Crippen LogP contribution in [0.15, 0.2) is 18.2 Å². The van der Waals surface area contributed by atoms with E-state index < -0.39 is 0 Å². The van der Waals surface area contributed by atoms with Gasteiger partial charge in [-0.3, -0.25) is 0 Å². The summed E-state index contributed by atoms with van der Waals surface area (Å²) in [4.78, 5) is 0. The summed E-state index contributed by atoms with van der Waals surface area (Å²) >= 11 is 6.24. The molecule has 0 saturated heterocycles. The summed E-state index contributed by atoms with van der Waals surface area (Å²) in [5.74, 6) is 0. The largest absolute Gasteiger partial charge is 0.313 e. The molecule has 1 nitrogen and oxygen atoms in total. The van der Waals surface area contributed by atoms with Crippen molar-refractivity contribution < 1.29 is 0 Å². The Morgan fingerprint density at radius 1 is 1.40 bits per heavy atom. The first-order valence-electron chi connectivity index (χ1n) is 5.64. The number of aryl methyl sites for hydroxylation is 1. The Kier molecular flexibility index (Phi) is 5.13. The molecule has 0 heterocycles. The van der Waals surface area contributed by atoms with Crippen molar-refractivity contribution in [2.45, 2.75) is 39.2 Å². The first-order valence-corrected chi connectivity index (χ1v) is 6.02. The van der Waals surface area contributed by atoms with Crippen LogP contribution in [0.5, 0.6) is 0 Å². The molecule has 1 N–H and O–H groups in total. The molecule has 1 aromatic carbocycles. The van der Waals surface area contributed by atoms with E-state index in [1.165, 1.54) is 24.0 Å². The molecule has 0 amide bonds. The lowest BCUT2D eigenvalue weighted by atomic mass is 10.0. The molecule has 0 fully saturated rings. The van der Waals surface area contributed by atoms with Crippen LogP contribution >= 0.6 is 11.6 Å². The number of rotatable bonds is 5. The molecule has 84 valence electrons. The number of hydrogen-bond acceptors (Lipinski definition) is 1. The molecule has 0 bridgehead atoms. The molecule has 2 heteroatoms. The average Bonchev–Trinajstić information content (AvgIpc) is 2.25. The molecule has 0 aliphatic rings. The number of hydrogen-bond donors (Lipinski definition) is 1. The third-order valence-corrected chi connectivity index (χ3v) is 3.11. The van der Waals surface area contributed by atoms with E-state index in [2.05, 4.69) is 37.4 Å². The molecule has 0 spiro atoms. The normalized spacial score (nSPS) is 12.8. The Labute approximate surface area is 97.8 Å². The number of unbranched alkanes of at least 4 members (excludes halogenated alkanes) is 1. The standard InChI is InChI=1S/C13H20ClN/c1-4-5-6-11-7-8-12(10(2)15-3)13(14)9-11/h7-10,15H,4-6H2,1-3H3. The van der Waals surface area contributed by atoms with Crippen LogP contribution in [0.2, 0.25) is 5.02 Å². The van der Waals surface area contributed by atoms with Gasteiger partial charge < -0.3 is 5.32 Å². The maximum absolute atomic E-state index is 6.24. The minimum Gasteiger partial charge on any atom is -0.313 e. The van der Waals surface area contributed by atoms with Crippen molar-refractivity contribution in [3.05, 3.63) is 34.3 Å². The number of benzene rings is 1. The van der Waals surface area contributed by atoms with Crippen molar-refractivity contribution in [2.24, 2.45) is 0 Å². The van der Waals surface area contributed by atoms with Gasteiger partial charge in [-0.1, -0.05) is 37.1 Å². The van der Waals surface area contributed by atoms with Crippen LogP contribution in [0, 0.1) is 0 Å². The molecular formula is C13H20ClN. The van der Waals surface area contributed by atoms with Crippen molar-refractivity contribution in [1.29, 1.82) is 0 Å². The van der Waals surface area contributed by atoms with E-state index in [4.69, 9.17) is 11.6 Å². The zero-order valence-corrected chi connectivity index (χ0v) is 10.6. The lowest BCUT2D eigenvalue weighted by Gasteiger charge is -2.13. The van der Waals surface area contributed by atoms with Gasteiger partial charge in [0.1, 0.15) is 0 Å². The third kappa shape index (κ3) is 3.51. The fourth-order valence-corrected chi connectivity index (χ4v) is 1.98. The lowest BCUT2D eigenvalue weighted by molar-refractivity contribution is 0.652. The van der Waals surface area contributed by atoms with Gasteiger partial charge in [-0.15, -0.1) is 0 Å². The van der Waals surface area contributed by atoms with Crippen LogP contribution in [-0.2, 0) is 6.42 Å². The minimum atomic E-state index is 0.317. The van der Waals surface area contributed by atoms with E-state index in [1.54, 1.807) is 0 Å². The van der Waals surface area contributed by atoms with Gasteiger partial charge in [-0.05, 0) is 44.0 Å². The summed E-state index contributed by atoms with van der Waals surface area (Å²) in [5.41, 5.74) is 2.52. The molecule has 1 unspecified atom stereocenters. The summed E-state index contributed by atoms with van der Waals surface area (Å²) in [6.45, 7) is 4.33. The van der Waals surface area contributed by atoms with Gasteiger partial charge in [-0.25, -0.2) is 0 Å². The second kappa shape index (κ2) is 6.14. The van der Waals surface area contributed by atoms with Crippen molar-refractivity contribution in [2.75, 3.05) is 7.05 Å². The van der Waals surface area contributed by atoms with Gasteiger partial charge in [0, 0.05) is 11.1 Å². The van der Waals surface area contributed by atoms with Gasteiger partial charge in [0.25, 0.3) is 0 Å². The fourth-order valence-electron chi connectivity index (χ4n) is 1.61. The lowest BCUT2D eigenvalue weighted by Crippen LogP contribution is -2.12. The van der Waals surface area contributed by atoms with Crippen molar-refractivity contribution in [3.63, 3.8) is 0 Å². The van der Waals surface area contributed by atoms with E-state index in [0.717, 1.165) is 11.4 Å². The highest BCUT2D eigenvalue weighted by Gasteiger charge is 2.07. The van der Waals surface area contributed by atoms with E-state index in [1.807, 2.05) is 7.05 Å². The molecule has 0 radical (unpaired) electrons. The SMILES string of the molecule is CCCCc1ccc(C(C)NC)c(Cl)c1. The van der Waals surface area contributed by atoms with E-state index in [-0.39, 0.29) is 0 Å². The van der Waals surface area contributed by atoms with Crippen LogP contribution < -0.4 is 5.32 Å². The number of nitrogens with one attached hydrogen (secondary N) is 1. The predicted molar refractivity (Wildman–Crippen MR) is 67.5 cm³/mol. The molecule has 0 aliphatic heterocycles. The molecular weight excluding hydrogens is 206 g/mol. The van der Waals surface area contributed by atoms with Crippen LogP contribution in [0.1, 0.15) is 43.9 Å². The van der Waals surface area contributed by atoms with Crippen LogP contribution in [-0.4, -0.2) is 7.05 Å². The quantitative estimate of drug-likeness (QED) is 0.800. The van der Waals surface area contributed by atoms with Gasteiger partial charge in [0.05, 0.1) is 0 Å². The Balaban J connectivity index is 2.78. The monoisotopic (exact) mass is 225 g/mol. The molecule has 15 heavy (non-hydrogen) atoms. The van der Waals surface area contributed by atoms with Crippen LogP contribution in [0.4, 0.5) is 0 Å². The smallest absolute Gasteiger partial charge is 0.0456 e. The van der Waals surface area contributed by atoms with Crippen molar-refractivity contribution >= 4 is 11.6 Å². The van der Waals surface area contributed by atoms with Crippen molar-refractivity contribution in [1.82, 2.24) is 5.32 Å². The van der Waals surface area contributed by atoms with Gasteiger partial charge in [0.2, 0.25) is 0 Å². The summed E-state index contributed by atoms with van der Waals surface area (Å²) in [6.07, 6.45) is 3.59. The first-order chi connectivity index (χ1) is 7.19. The van der Waals surface area contributed by atoms with E-state index in [0.29, 0.717) is 6.04 Å². The zero-order valence-electron chi connectivity index (χ0n) is 9.81. The van der Waals surface area contributed by atoms with Gasteiger partial charge >= 0.3 is 0 Å². The molecule has 0 saturated carbocycles. The van der Waals surface area contributed by atoms with Crippen LogP contribution in [0.3, 0.4) is 0 Å². The second-order valence-electron chi connectivity index (χ2n) is 3.97. The highest BCUT2D eigenvalue weighted by atomic mass is 35.5. The molecule has 1 atom stereocenters. The maximum Gasteiger partial charge on any atom is 0.0456 e. The molecule has 1 aromatic rings. The summed E-state index contributed by atoms with van der Waals surface area (Å²) < 4.78 is 0. The third-order valence-electron chi connectivity index (χ3n) is 2.78. The molecule has 1 rings (SSSR count). The van der Waals surface area contributed by atoms with Gasteiger partial charge in [-0.2, -0.15) is 0 Å². The highest BCUT2D eigenvalue weighted by Crippen LogP contribution is 2.24. The van der Waals surface area contributed by atoms with Gasteiger partial charge in [0.15, 0.2) is 0 Å². The Morgan fingerprint density at radius 3 is 2.67 bits per heavy atom.